The van der Waals surface area contributed by atoms with Gasteiger partial charge in [-0.05, 0) is 31.7 Å². The summed E-state index contributed by atoms with van der Waals surface area (Å²) in [6.07, 6.45) is 1.62. The number of anilines is 1. The predicted octanol–water partition coefficient (Wildman–Crippen LogP) is 2.55. The lowest BCUT2D eigenvalue weighted by Crippen LogP contribution is -2.16. The Hall–Kier alpha value is -3.78. The van der Waals surface area contributed by atoms with Crippen LogP contribution in [0.2, 0.25) is 0 Å². The molecule has 152 valence electrons. The van der Waals surface area contributed by atoms with E-state index in [1.54, 1.807) is 23.0 Å². The Kier molecular flexibility index (Phi) is 5.40. The molecule has 0 atom stereocenters. The largest absolute Gasteiger partial charge is 0.366 e. The van der Waals surface area contributed by atoms with Crippen molar-refractivity contribution in [2.45, 2.75) is 20.0 Å². The van der Waals surface area contributed by atoms with Crippen molar-refractivity contribution in [3.8, 4) is 5.95 Å². The van der Waals surface area contributed by atoms with E-state index in [1.807, 2.05) is 38.2 Å². The van der Waals surface area contributed by atoms with Crippen molar-refractivity contribution in [3.63, 3.8) is 0 Å². The number of rotatable bonds is 7. The lowest BCUT2D eigenvalue weighted by Gasteiger charge is -2.14. The van der Waals surface area contributed by atoms with Gasteiger partial charge in [0.2, 0.25) is 5.91 Å². The third-order valence-corrected chi connectivity index (χ3v) is 4.95. The molecule has 30 heavy (non-hydrogen) atoms. The smallest absolute Gasteiger partial charge is 0.253 e. The molecule has 4 N–H and O–H groups in total. The molecule has 0 unspecified atom stereocenters. The second kappa shape index (κ2) is 8.30. The van der Waals surface area contributed by atoms with Crippen LogP contribution in [-0.2, 0) is 13.1 Å². The molecule has 0 saturated carbocycles. The fourth-order valence-electron chi connectivity index (χ4n) is 3.36. The quantitative estimate of drug-likeness (QED) is 0.439. The number of nitrogens with one attached hydrogen (secondary N) is 2. The Morgan fingerprint density at radius 2 is 1.87 bits per heavy atom. The Morgan fingerprint density at radius 1 is 1.07 bits per heavy atom. The van der Waals surface area contributed by atoms with E-state index in [2.05, 4.69) is 27.9 Å². The molecule has 0 aliphatic heterocycles. The number of hydrogen-bond donors (Lipinski definition) is 3. The highest BCUT2D eigenvalue weighted by molar-refractivity contribution is 6.05. The van der Waals surface area contributed by atoms with Gasteiger partial charge in [-0.15, -0.1) is 0 Å². The maximum Gasteiger partial charge on any atom is 0.253 e. The summed E-state index contributed by atoms with van der Waals surface area (Å²) in [7, 11) is 1.88. The van der Waals surface area contributed by atoms with E-state index in [1.165, 1.54) is 0 Å². The minimum atomic E-state index is -0.494. The van der Waals surface area contributed by atoms with Crippen molar-refractivity contribution in [1.29, 1.82) is 0 Å². The van der Waals surface area contributed by atoms with Crippen molar-refractivity contribution in [1.82, 2.24) is 25.1 Å². The van der Waals surface area contributed by atoms with Gasteiger partial charge in [-0.25, -0.2) is 4.98 Å². The fraction of sp³-hybridized carbons (Fsp3) is 0.182. The standard InChI is InChI=1S/C22H23N7O/c1-14-18(13-24-2)27-22(28-21(14)25-11-15-7-4-3-5-8-15)29-19-10-6-9-16(20(23)30)17(19)12-26-29/h3-10,12,24H,11,13H2,1-2H3,(H2,23,30)(H,25,27,28). The summed E-state index contributed by atoms with van der Waals surface area (Å²) in [6, 6.07) is 15.5. The molecule has 2 aromatic carbocycles. The lowest BCUT2D eigenvalue weighted by atomic mass is 10.1. The Labute approximate surface area is 174 Å². The Balaban J connectivity index is 1.78. The number of benzene rings is 2. The molecule has 0 aliphatic rings. The molecule has 1 amide bonds. The molecule has 0 spiro atoms. The Bertz CT molecular complexity index is 1200. The normalized spacial score (nSPS) is 11.0. The van der Waals surface area contributed by atoms with Crippen LogP contribution in [0.15, 0.2) is 54.7 Å². The zero-order valence-corrected chi connectivity index (χ0v) is 16.9. The van der Waals surface area contributed by atoms with Gasteiger partial charge in [0.05, 0.1) is 23.0 Å². The summed E-state index contributed by atoms with van der Waals surface area (Å²) in [4.78, 5) is 21.2. The van der Waals surface area contributed by atoms with Crippen LogP contribution in [0.4, 0.5) is 5.82 Å². The van der Waals surface area contributed by atoms with Crippen LogP contribution in [0.5, 0.6) is 0 Å². The highest BCUT2D eigenvalue weighted by Crippen LogP contribution is 2.23. The van der Waals surface area contributed by atoms with Crippen molar-refractivity contribution < 1.29 is 4.79 Å². The maximum atomic E-state index is 11.8. The van der Waals surface area contributed by atoms with E-state index < -0.39 is 5.91 Å². The molecule has 0 fully saturated rings. The van der Waals surface area contributed by atoms with Gasteiger partial charge in [0.1, 0.15) is 5.82 Å². The summed E-state index contributed by atoms with van der Waals surface area (Å²) < 4.78 is 1.63. The molecule has 4 aromatic rings. The number of nitrogens with zero attached hydrogens (tertiary/aromatic N) is 4. The molecule has 8 nitrogen and oxygen atoms in total. The number of amides is 1. The highest BCUT2D eigenvalue weighted by atomic mass is 16.1. The number of hydrogen-bond acceptors (Lipinski definition) is 6. The van der Waals surface area contributed by atoms with Crippen LogP contribution in [0.1, 0.15) is 27.2 Å². The molecule has 8 heteroatoms. The molecule has 0 saturated heterocycles. The summed E-state index contributed by atoms with van der Waals surface area (Å²) in [5.74, 6) is 0.674. The van der Waals surface area contributed by atoms with Crippen molar-refractivity contribution in [2.24, 2.45) is 5.73 Å². The van der Waals surface area contributed by atoms with Gasteiger partial charge in [-0.3, -0.25) is 4.79 Å². The van der Waals surface area contributed by atoms with E-state index in [0.717, 1.165) is 28.2 Å². The van der Waals surface area contributed by atoms with Crippen molar-refractivity contribution in [2.75, 3.05) is 12.4 Å². The van der Waals surface area contributed by atoms with Crippen LogP contribution in [0, 0.1) is 6.92 Å². The molecule has 2 heterocycles. The van der Waals surface area contributed by atoms with Crippen LogP contribution in [-0.4, -0.2) is 32.7 Å². The van der Waals surface area contributed by atoms with Crippen molar-refractivity contribution >= 4 is 22.6 Å². The number of nitrogens with two attached hydrogens (primary N) is 1. The third kappa shape index (κ3) is 3.72. The van der Waals surface area contributed by atoms with Gasteiger partial charge in [-0.2, -0.15) is 14.8 Å². The number of aromatic nitrogens is 4. The number of carbonyl (C=O) groups excluding carboxylic acids is 1. The Morgan fingerprint density at radius 3 is 2.60 bits per heavy atom. The SMILES string of the molecule is CNCc1nc(-n2ncc3c(C(N)=O)cccc32)nc(NCc2ccccc2)c1C. The molecule has 0 aliphatic carbocycles. The monoisotopic (exact) mass is 401 g/mol. The third-order valence-electron chi connectivity index (χ3n) is 4.95. The molecule has 2 aromatic heterocycles. The average Bonchev–Trinajstić information content (AvgIpc) is 3.19. The minimum absolute atomic E-state index is 0.420. The number of fused-ring (bicyclic) bond motifs is 1. The topological polar surface area (TPSA) is 111 Å². The summed E-state index contributed by atoms with van der Waals surface area (Å²) >= 11 is 0. The van der Waals surface area contributed by atoms with Gasteiger partial charge in [0.25, 0.3) is 5.95 Å². The van der Waals surface area contributed by atoms with E-state index >= 15 is 0 Å². The first kappa shape index (κ1) is 19.5. The van der Waals surface area contributed by atoms with E-state index in [9.17, 15) is 4.79 Å². The van der Waals surface area contributed by atoms with E-state index in [4.69, 9.17) is 15.7 Å². The second-order valence-electron chi connectivity index (χ2n) is 6.97. The van der Waals surface area contributed by atoms with Gasteiger partial charge < -0.3 is 16.4 Å². The van der Waals surface area contributed by atoms with Crippen LogP contribution >= 0.6 is 0 Å². The van der Waals surface area contributed by atoms with Gasteiger partial charge in [-0.1, -0.05) is 36.4 Å². The molecular formula is C22H23N7O. The molecule has 4 rings (SSSR count). The van der Waals surface area contributed by atoms with Crippen LogP contribution in [0.25, 0.3) is 16.9 Å². The van der Waals surface area contributed by atoms with Gasteiger partial charge in [0, 0.05) is 24.0 Å². The second-order valence-corrected chi connectivity index (χ2v) is 6.97. The first-order valence-corrected chi connectivity index (χ1v) is 9.65. The number of carbonyl (C=O) groups is 1. The predicted molar refractivity (Wildman–Crippen MR) is 116 cm³/mol. The first-order chi connectivity index (χ1) is 14.6. The zero-order valence-electron chi connectivity index (χ0n) is 16.9. The number of primary amides is 1. The highest BCUT2D eigenvalue weighted by Gasteiger charge is 2.16. The van der Waals surface area contributed by atoms with E-state index in [0.29, 0.717) is 30.0 Å². The average molecular weight is 401 g/mol. The van der Waals surface area contributed by atoms with Gasteiger partial charge >= 0.3 is 0 Å². The first-order valence-electron chi connectivity index (χ1n) is 9.65. The summed E-state index contributed by atoms with van der Waals surface area (Å²) in [5, 5.41) is 11.7. The maximum absolute atomic E-state index is 11.8. The van der Waals surface area contributed by atoms with Crippen LogP contribution in [0.3, 0.4) is 0 Å². The van der Waals surface area contributed by atoms with Crippen LogP contribution < -0.4 is 16.4 Å². The fourth-order valence-corrected chi connectivity index (χ4v) is 3.36. The molecule has 0 bridgehead atoms. The molecular weight excluding hydrogens is 378 g/mol. The van der Waals surface area contributed by atoms with Crippen molar-refractivity contribution in [3.05, 3.63) is 77.1 Å². The summed E-state index contributed by atoms with van der Waals surface area (Å²) in [6.45, 7) is 3.23. The summed E-state index contributed by atoms with van der Waals surface area (Å²) in [5.41, 5.74) is 9.64. The minimum Gasteiger partial charge on any atom is -0.366 e. The van der Waals surface area contributed by atoms with E-state index in [-0.39, 0.29) is 0 Å². The lowest BCUT2D eigenvalue weighted by molar-refractivity contribution is 0.100. The molecule has 0 radical (unpaired) electrons. The van der Waals surface area contributed by atoms with Gasteiger partial charge in [0.15, 0.2) is 0 Å². The zero-order chi connectivity index (χ0) is 21.1.